The first-order valence-electron chi connectivity index (χ1n) is 13.4. The Labute approximate surface area is 243 Å². The average molecular weight is 584 g/mol. The molecule has 0 saturated heterocycles. The molecule has 7 N–H and O–H groups in total. The van der Waals surface area contributed by atoms with Crippen molar-refractivity contribution in [2.75, 3.05) is 31.5 Å². The van der Waals surface area contributed by atoms with Crippen LogP contribution in [0.1, 0.15) is 78.8 Å². The van der Waals surface area contributed by atoms with Crippen molar-refractivity contribution in [1.29, 1.82) is 0 Å². The number of aromatic nitrogens is 2. The Balaban J connectivity index is 0.000000259. The number of aromatic amines is 2. The molecule has 3 heterocycles. The number of nitrogens with two attached hydrogens (primary N) is 1. The molecule has 0 aliphatic carbocycles. The van der Waals surface area contributed by atoms with Crippen LogP contribution in [0.25, 0.3) is 11.6 Å². The number of aryl methyl sites for hydroxylation is 2. The summed E-state index contributed by atoms with van der Waals surface area (Å²) in [6, 6.07) is 4.05. The monoisotopic (exact) mass is 583 g/mol. The van der Waals surface area contributed by atoms with E-state index in [9.17, 15) is 28.7 Å². The SMILES string of the molecule is CCN(CC)CCN.Cc1[nH]c(/C=C2\C(=O)Nc3ccc(F)cc32)c(C)c1C(=O)O.Cc1[nH]c(C=O)c(C)c1C(=O)O. The number of amides is 1. The first-order valence-corrected chi connectivity index (χ1v) is 13.4. The number of hydrogen-bond acceptors (Lipinski definition) is 6. The number of carbonyl (C=O) groups is 4. The quantitative estimate of drug-likeness (QED) is 0.167. The lowest BCUT2D eigenvalue weighted by Gasteiger charge is -2.15. The van der Waals surface area contributed by atoms with E-state index >= 15 is 0 Å². The first-order chi connectivity index (χ1) is 19.8. The summed E-state index contributed by atoms with van der Waals surface area (Å²) >= 11 is 0. The van der Waals surface area contributed by atoms with Crippen molar-refractivity contribution in [3.05, 3.63) is 74.6 Å². The molecule has 2 aromatic heterocycles. The molecule has 42 heavy (non-hydrogen) atoms. The van der Waals surface area contributed by atoms with Crippen molar-refractivity contribution in [2.45, 2.75) is 41.5 Å². The third-order valence-electron chi connectivity index (χ3n) is 6.89. The molecule has 3 aromatic rings. The zero-order valence-electron chi connectivity index (χ0n) is 24.6. The van der Waals surface area contributed by atoms with Gasteiger partial charge in [-0.05, 0) is 76.2 Å². The van der Waals surface area contributed by atoms with Crippen LogP contribution < -0.4 is 11.1 Å². The molecule has 0 atom stereocenters. The van der Waals surface area contributed by atoms with Gasteiger partial charge in [0.1, 0.15) is 5.82 Å². The maximum Gasteiger partial charge on any atom is 0.337 e. The number of aldehydes is 1. The molecule has 1 aromatic carbocycles. The fraction of sp³-hybridized carbons (Fsp3) is 0.333. The van der Waals surface area contributed by atoms with Crippen LogP contribution in [0.3, 0.4) is 0 Å². The van der Waals surface area contributed by atoms with Crippen LogP contribution in [-0.2, 0) is 4.79 Å². The Morgan fingerprint density at radius 3 is 1.88 bits per heavy atom. The van der Waals surface area contributed by atoms with Gasteiger partial charge in [0, 0.05) is 41.4 Å². The van der Waals surface area contributed by atoms with E-state index in [1.807, 2.05) is 0 Å². The van der Waals surface area contributed by atoms with Gasteiger partial charge in [0.15, 0.2) is 6.29 Å². The van der Waals surface area contributed by atoms with Gasteiger partial charge in [-0.25, -0.2) is 14.0 Å². The van der Waals surface area contributed by atoms with Crippen LogP contribution in [0.2, 0.25) is 0 Å². The van der Waals surface area contributed by atoms with E-state index in [1.54, 1.807) is 33.8 Å². The highest BCUT2D eigenvalue weighted by Crippen LogP contribution is 2.34. The largest absolute Gasteiger partial charge is 0.478 e. The van der Waals surface area contributed by atoms with Crippen LogP contribution in [0.4, 0.5) is 10.1 Å². The fourth-order valence-electron chi connectivity index (χ4n) is 4.62. The van der Waals surface area contributed by atoms with E-state index in [4.69, 9.17) is 10.8 Å². The second-order valence-electron chi connectivity index (χ2n) is 9.57. The number of hydrogen-bond donors (Lipinski definition) is 6. The summed E-state index contributed by atoms with van der Waals surface area (Å²) in [7, 11) is 0. The number of nitrogens with one attached hydrogen (secondary N) is 3. The summed E-state index contributed by atoms with van der Waals surface area (Å²) < 4.78 is 13.4. The van der Waals surface area contributed by atoms with Gasteiger partial charge in [-0.15, -0.1) is 0 Å². The standard InChI is InChI=1S/C16H13FN2O3.C8H9NO3.C6H16N2/c1-7-13(18-8(2)14(7)16(21)22)6-11-10-5-9(17)3-4-12(10)19-15(11)20;1-4-6(3-10)9-5(2)7(4)8(11)12;1-3-8(4-2)6-5-7/h3-6,18H,1-2H3,(H,19,20)(H,21,22);3,9H,1-2H3,(H,11,12);3-7H2,1-2H3/b11-6-;;. The molecular formula is C30H38FN5O6. The van der Waals surface area contributed by atoms with E-state index in [0.29, 0.717) is 57.0 Å². The number of H-pyrrole nitrogens is 2. The van der Waals surface area contributed by atoms with Gasteiger partial charge in [0.05, 0.1) is 22.4 Å². The lowest BCUT2D eigenvalue weighted by Crippen LogP contribution is -2.28. The highest BCUT2D eigenvalue weighted by molar-refractivity contribution is 6.34. The number of benzene rings is 1. The zero-order valence-corrected chi connectivity index (χ0v) is 24.6. The lowest BCUT2D eigenvalue weighted by molar-refractivity contribution is -0.110. The van der Waals surface area contributed by atoms with Crippen LogP contribution >= 0.6 is 0 Å². The number of carbonyl (C=O) groups excluding carboxylic acids is 2. The Morgan fingerprint density at radius 1 is 0.952 bits per heavy atom. The number of likely N-dealkylation sites (N-methyl/N-ethyl adjacent to an activating group) is 1. The van der Waals surface area contributed by atoms with Gasteiger partial charge >= 0.3 is 11.9 Å². The molecule has 0 unspecified atom stereocenters. The number of carboxylic acid groups (broad SMARTS) is 2. The third-order valence-corrected chi connectivity index (χ3v) is 6.89. The number of nitrogens with zero attached hydrogens (tertiary/aromatic N) is 1. The summed E-state index contributed by atoms with van der Waals surface area (Å²) in [6.45, 7) is 14.9. The summed E-state index contributed by atoms with van der Waals surface area (Å²) in [4.78, 5) is 52.3. The minimum atomic E-state index is -1.03. The first kappa shape index (κ1) is 33.7. The molecule has 0 bridgehead atoms. The Hall–Kier alpha value is -4.55. The normalized spacial score (nSPS) is 12.7. The highest BCUT2D eigenvalue weighted by atomic mass is 19.1. The van der Waals surface area contributed by atoms with Crippen molar-refractivity contribution < 1.29 is 33.8 Å². The van der Waals surface area contributed by atoms with Crippen molar-refractivity contribution >= 4 is 41.5 Å². The number of carboxylic acids is 2. The zero-order chi connectivity index (χ0) is 31.7. The fourth-order valence-corrected chi connectivity index (χ4v) is 4.62. The summed E-state index contributed by atoms with van der Waals surface area (Å²) in [5.74, 6) is -2.82. The van der Waals surface area contributed by atoms with E-state index in [-0.39, 0.29) is 17.0 Å². The van der Waals surface area contributed by atoms with Crippen LogP contribution in [-0.4, -0.2) is 75.4 Å². The van der Waals surface area contributed by atoms with Gasteiger partial charge in [0.2, 0.25) is 0 Å². The number of anilines is 1. The maximum atomic E-state index is 13.4. The number of rotatable bonds is 8. The Morgan fingerprint density at radius 2 is 1.48 bits per heavy atom. The molecular weight excluding hydrogens is 545 g/mol. The van der Waals surface area contributed by atoms with Gasteiger partial charge in [0.25, 0.3) is 5.91 Å². The molecule has 1 aliphatic rings. The van der Waals surface area contributed by atoms with Crippen LogP contribution in [0.5, 0.6) is 0 Å². The molecule has 0 fully saturated rings. The van der Waals surface area contributed by atoms with Crippen molar-refractivity contribution in [1.82, 2.24) is 14.9 Å². The van der Waals surface area contributed by atoms with Gasteiger partial charge in [-0.1, -0.05) is 13.8 Å². The summed E-state index contributed by atoms with van der Waals surface area (Å²) in [5.41, 5.74) is 9.94. The van der Waals surface area contributed by atoms with Gasteiger partial charge in [-0.3, -0.25) is 9.59 Å². The molecule has 226 valence electrons. The van der Waals surface area contributed by atoms with Crippen LogP contribution in [0, 0.1) is 33.5 Å². The van der Waals surface area contributed by atoms with Gasteiger partial charge < -0.3 is 36.1 Å². The molecule has 12 heteroatoms. The van der Waals surface area contributed by atoms with Crippen LogP contribution in [0.15, 0.2) is 18.2 Å². The molecule has 0 radical (unpaired) electrons. The minimum absolute atomic E-state index is 0.185. The molecule has 1 amide bonds. The minimum Gasteiger partial charge on any atom is -0.478 e. The molecule has 4 rings (SSSR count). The molecule has 1 aliphatic heterocycles. The Kier molecular flexibility index (Phi) is 11.9. The van der Waals surface area contributed by atoms with E-state index in [0.717, 1.165) is 26.2 Å². The lowest BCUT2D eigenvalue weighted by atomic mass is 10.0. The predicted molar refractivity (Wildman–Crippen MR) is 160 cm³/mol. The molecule has 11 nitrogen and oxygen atoms in total. The number of halogens is 1. The average Bonchev–Trinajstić information content (AvgIpc) is 3.51. The van der Waals surface area contributed by atoms with E-state index < -0.39 is 17.8 Å². The summed E-state index contributed by atoms with van der Waals surface area (Å²) in [6.07, 6.45) is 2.17. The molecule has 0 saturated carbocycles. The highest BCUT2D eigenvalue weighted by Gasteiger charge is 2.26. The predicted octanol–water partition coefficient (Wildman–Crippen LogP) is 4.39. The second kappa shape index (κ2) is 14.9. The topological polar surface area (TPSA) is 182 Å². The van der Waals surface area contributed by atoms with Crippen molar-refractivity contribution in [3.8, 4) is 0 Å². The van der Waals surface area contributed by atoms with Gasteiger partial charge in [-0.2, -0.15) is 0 Å². The van der Waals surface area contributed by atoms with E-state index in [1.165, 1.54) is 18.2 Å². The molecule has 0 spiro atoms. The second-order valence-corrected chi connectivity index (χ2v) is 9.57. The van der Waals surface area contributed by atoms with Crippen molar-refractivity contribution in [3.63, 3.8) is 0 Å². The number of fused-ring (bicyclic) bond motifs is 1. The smallest absolute Gasteiger partial charge is 0.337 e. The summed E-state index contributed by atoms with van der Waals surface area (Å²) in [5, 5.41) is 20.6. The maximum absolute atomic E-state index is 13.4. The Bertz CT molecular complexity index is 1500. The third kappa shape index (κ3) is 7.80. The number of aromatic carboxylic acids is 2. The van der Waals surface area contributed by atoms with E-state index in [2.05, 4.69) is 34.0 Å². The van der Waals surface area contributed by atoms with Crippen molar-refractivity contribution in [2.24, 2.45) is 5.73 Å².